The Morgan fingerprint density at radius 3 is 1.88 bits per heavy atom. The average molecular weight is 387 g/mol. The molecule has 0 saturated heterocycles. The molecule has 7 heteroatoms. The summed E-state index contributed by atoms with van der Waals surface area (Å²) in [4.78, 5) is 25.4. The van der Waals surface area contributed by atoms with Crippen LogP contribution in [0.5, 0.6) is 0 Å². The van der Waals surface area contributed by atoms with Crippen LogP contribution in [0.15, 0.2) is 17.9 Å². The first kappa shape index (κ1) is 24.6. The number of methoxy groups -OCH3 is 2. The Labute approximate surface area is 158 Å². The van der Waals surface area contributed by atoms with Gasteiger partial charge in [-0.3, -0.25) is 9.59 Å². The van der Waals surface area contributed by atoms with E-state index in [1.54, 1.807) is 19.9 Å². The van der Waals surface area contributed by atoms with Crippen LogP contribution in [0.1, 0.15) is 26.7 Å². The Bertz CT molecular complexity index is 481. The standard InChI is InChI=1S/C19H34O6Si/c1-8-24-17(20)19(18(21)25-9-2,15-16(22-3)23-4)13-11-10-12-14-26(5,6)7/h11-12,16H,8-9,13-15H2,1-7H3. The molecule has 0 N–H and O–H groups in total. The van der Waals surface area contributed by atoms with Crippen LogP contribution in [0.4, 0.5) is 0 Å². The zero-order valence-electron chi connectivity index (χ0n) is 17.2. The Hall–Kier alpha value is -1.40. The fourth-order valence-electron chi connectivity index (χ4n) is 2.27. The summed E-state index contributed by atoms with van der Waals surface area (Å²) >= 11 is 0. The molecule has 26 heavy (non-hydrogen) atoms. The van der Waals surface area contributed by atoms with Gasteiger partial charge in [-0.15, -0.1) is 5.73 Å². The molecule has 150 valence electrons. The number of ether oxygens (including phenoxy) is 4. The van der Waals surface area contributed by atoms with Crippen molar-refractivity contribution in [1.29, 1.82) is 0 Å². The molecule has 0 bridgehead atoms. The van der Waals surface area contributed by atoms with E-state index in [1.807, 2.05) is 6.08 Å². The first-order valence-corrected chi connectivity index (χ1v) is 12.7. The van der Waals surface area contributed by atoms with Crippen LogP contribution in [0.25, 0.3) is 0 Å². The van der Waals surface area contributed by atoms with Gasteiger partial charge < -0.3 is 18.9 Å². The number of carbonyl (C=O) groups excluding carboxylic acids is 2. The third kappa shape index (κ3) is 8.32. The lowest BCUT2D eigenvalue weighted by Gasteiger charge is -2.30. The van der Waals surface area contributed by atoms with Crippen LogP contribution in [-0.2, 0) is 28.5 Å². The summed E-state index contributed by atoms with van der Waals surface area (Å²) in [6.07, 6.45) is 3.02. The molecule has 0 spiro atoms. The molecule has 0 atom stereocenters. The van der Waals surface area contributed by atoms with Crippen LogP contribution < -0.4 is 0 Å². The predicted molar refractivity (Wildman–Crippen MR) is 104 cm³/mol. The van der Waals surface area contributed by atoms with Crippen LogP contribution in [0.3, 0.4) is 0 Å². The van der Waals surface area contributed by atoms with Crippen molar-refractivity contribution >= 4 is 20.0 Å². The number of hydrogen-bond acceptors (Lipinski definition) is 6. The Morgan fingerprint density at radius 1 is 1.00 bits per heavy atom. The van der Waals surface area contributed by atoms with Gasteiger partial charge >= 0.3 is 11.9 Å². The monoisotopic (exact) mass is 386 g/mol. The second kappa shape index (κ2) is 12.1. The number of hydrogen-bond donors (Lipinski definition) is 0. The Kier molecular flexibility index (Phi) is 11.4. The van der Waals surface area contributed by atoms with E-state index in [2.05, 4.69) is 25.4 Å². The molecule has 0 aromatic rings. The summed E-state index contributed by atoms with van der Waals surface area (Å²) in [6.45, 7) is 10.5. The molecule has 0 fully saturated rings. The fraction of sp³-hybridized carbons (Fsp3) is 0.737. The maximum atomic E-state index is 12.7. The smallest absolute Gasteiger partial charge is 0.324 e. The van der Waals surface area contributed by atoms with Crippen molar-refractivity contribution in [3.8, 4) is 0 Å². The molecule has 6 nitrogen and oxygen atoms in total. The molecule has 0 amide bonds. The van der Waals surface area contributed by atoms with E-state index in [9.17, 15) is 9.59 Å². The summed E-state index contributed by atoms with van der Waals surface area (Å²) in [7, 11) is 1.69. The highest BCUT2D eigenvalue weighted by Crippen LogP contribution is 2.33. The zero-order valence-corrected chi connectivity index (χ0v) is 18.2. The zero-order chi connectivity index (χ0) is 20.2. The first-order chi connectivity index (χ1) is 12.2. The van der Waals surface area contributed by atoms with E-state index >= 15 is 0 Å². The molecule has 0 aromatic heterocycles. The molecule has 0 aromatic carbocycles. The summed E-state index contributed by atoms with van der Waals surface area (Å²) in [5, 5.41) is 0. The SMILES string of the molecule is CCOC(=O)C(CC=C=CC[Si](C)(C)C)(CC(OC)OC)C(=O)OCC. The molecular weight excluding hydrogens is 352 g/mol. The third-order valence-corrected chi connectivity index (χ3v) is 5.20. The van der Waals surface area contributed by atoms with Crippen LogP contribution in [-0.4, -0.2) is 53.7 Å². The largest absolute Gasteiger partial charge is 0.465 e. The van der Waals surface area contributed by atoms with Crippen molar-refractivity contribution in [3.05, 3.63) is 17.9 Å². The minimum atomic E-state index is -1.53. The molecule has 0 aliphatic carbocycles. The molecule has 0 aliphatic rings. The second-order valence-corrected chi connectivity index (χ2v) is 12.7. The number of esters is 2. The highest BCUT2D eigenvalue weighted by atomic mass is 28.3. The molecule has 0 rings (SSSR count). The normalized spacial score (nSPS) is 11.7. The highest BCUT2D eigenvalue weighted by Gasteiger charge is 2.50. The molecule has 0 radical (unpaired) electrons. The molecule has 0 unspecified atom stereocenters. The lowest BCUT2D eigenvalue weighted by Crippen LogP contribution is -2.45. The van der Waals surface area contributed by atoms with E-state index in [1.165, 1.54) is 14.2 Å². The molecular formula is C19H34O6Si. The number of allylic oxidation sites excluding steroid dienone is 1. The van der Waals surface area contributed by atoms with Gasteiger partial charge in [-0.05, 0) is 38.5 Å². The van der Waals surface area contributed by atoms with Gasteiger partial charge in [0.05, 0.1) is 13.2 Å². The minimum absolute atomic E-state index is 0.00384. The van der Waals surface area contributed by atoms with Gasteiger partial charge in [-0.25, -0.2) is 0 Å². The summed E-state index contributed by atoms with van der Waals surface area (Å²) in [6, 6.07) is 0.966. The van der Waals surface area contributed by atoms with Crippen LogP contribution in [0.2, 0.25) is 25.7 Å². The van der Waals surface area contributed by atoms with Gasteiger partial charge in [0.1, 0.15) is 0 Å². The summed E-state index contributed by atoms with van der Waals surface area (Å²) < 4.78 is 20.8. The van der Waals surface area contributed by atoms with Crippen molar-refractivity contribution in [1.82, 2.24) is 0 Å². The quantitative estimate of drug-likeness (QED) is 0.168. The van der Waals surface area contributed by atoms with E-state index in [0.29, 0.717) is 0 Å². The van der Waals surface area contributed by atoms with E-state index in [4.69, 9.17) is 18.9 Å². The van der Waals surface area contributed by atoms with Gasteiger partial charge in [0.15, 0.2) is 11.7 Å². The molecule has 0 saturated carbocycles. The van der Waals surface area contributed by atoms with Crippen molar-refractivity contribution < 1.29 is 28.5 Å². The van der Waals surface area contributed by atoms with Gasteiger partial charge in [-0.1, -0.05) is 19.6 Å². The van der Waals surface area contributed by atoms with Crippen LogP contribution in [0, 0.1) is 5.41 Å². The average Bonchev–Trinajstić information content (AvgIpc) is 2.56. The van der Waals surface area contributed by atoms with Crippen molar-refractivity contribution in [2.75, 3.05) is 27.4 Å². The summed E-state index contributed by atoms with van der Waals surface area (Å²) in [5.74, 6) is -1.28. The lowest BCUT2D eigenvalue weighted by atomic mass is 9.80. The van der Waals surface area contributed by atoms with Gasteiger partial charge in [0.25, 0.3) is 0 Å². The van der Waals surface area contributed by atoms with Gasteiger partial charge in [0.2, 0.25) is 0 Å². The molecule has 0 heterocycles. The predicted octanol–water partition coefficient (Wildman–Crippen LogP) is 3.55. The Morgan fingerprint density at radius 2 is 1.50 bits per heavy atom. The van der Waals surface area contributed by atoms with Crippen molar-refractivity contribution in [2.24, 2.45) is 5.41 Å². The van der Waals surface area contributed by atoms with Crippen molar-refractivity contribution in [3.63, 3.8) is 0 Å². The Balaban J connectivity index is 5.72. The van der Waals surface area contributed by atoms with Crippen molar-refractivity contribution in [2.45, 2.75) is 58.7 Å². The minimum Gasteiger partial charge on any atom is -0.465 e. The van der Waals surface area contributed by atoms with Gasteiger partial charge in [-0.2, -0.15) is 0 Å². The fourth-order valence-corrected chi connectivity index (χ4v) is 3.00. The van der Waals surface area contributed by atoms with Crippen LogP contribution >= 0.6 is 0 Å². The lowest BCUT2D eigenvalue weighted by molar-refractivity contribution is -0.184. The topological polar surface area (TPSA) is 71.1 Å². The van der Waals surface area contributed by atoms with E-state index in [0.717, 1.165) is 6.04 Å². The molecule has 0 aliphatic heterocycles. The van der Waals surface area contributed by atoms with Gasteiger partial charge in [0, 0.05) is 28.7 Å². The number of carbonyl (C=O) groups is 2. The first-order valence-electron chi connectivity index (χ1n) is 8.96. The summed E-state index contributed by atoms with van der Waals surface area (Å²) in [5.41, 5.74) is 1.56. The van der Waals surface area contributed by atoms with E-state index < -0.39 is 31.7 Å². The maximum absolute atomic E-state index is 12.7. The second-order valence-electron chi connectivity index (χ2n) is 7.17. The highest BCUT2D eigenvalue weighted by molar-refractivity contribution is 6.76. The van der Waals surface area contributed by atoms with E-state index in [-0.39, 0.29) is 26.1 Å². The maximum Gasteiger partial charge on any atom is 0.324 e. The number of rotatable bonds is 12. The third-order valence-electron chi connectivity index (χ3n) is 3.77.